The summed E-state index contributed by atoms with van der Waals surface area (Å²) in [7, 11) is 62.0. The van der Waals surface area contributed by atoms with Gasteiger partial charge in [0.2, 0.25) is 11.8 Å². The molecule has 606 valence electrons. The number of thioether (sulfide) groups is 3. The lowest BCUT2D eigenvalue weighted by Crippen LogP contribution is -2.33. The van der Waals surface area contributed by atoms with Crippen molar-refractivity contribution in [3.63, 3.8) is 0 Å². The molecule has 0 N–H and O–H groups in total. The number of thiocarbonyl (C=S) groups is 5. The molecule has 0 aromatic rings. The van der Waals surface area contributed by atoms with Gasteiger partial charge in [0.25, 0.3) is 31.2 Å². The Morgan fingerprint density at radius 2 is 0.430 bits per heavy atom. The molecule has 0 atom stereocenters. The van der Waals surface area contributed by atoms with E-state index in [4.69, 9.17) is 12.2 Å². The predicted octanol–water partition coefficient (Wildman–Crippen LogP) is 6.83. The summed E-state index contributed by atoms with van der Waals surface area (Å²) in [5, 5.41) is 3.10. The molecule has 40 heteroatoms. The van der Waals surface area contributed by atoms with Crippen LogP contribution in [0.25, 0.3) is 0 Å². The first-order valence-corrected chi connectivity index (χ1v) is 36.9. The SMILES string of the molecule is CC(=O)N(C)C.CC(=O)N(C)C.CC(C)=O.CN(C)C.CN(C)C(=O)N(C)C.CN(C)C(=S)N(C)C.COC(=O)N(C)C.COC(=O)N(C)C.COC(=S)N(C)C.COC(=S)N(C)C.COC(=S)N(C)C.COC(=S)N(C)C.CS(C)(=O)=O.CSC.CSC(=O)N(C)C.CSC(=O)N(C)C. The largest absolute Gasteiger partial charge is 0.474 e. The summed E-state index contributed by atoms with van der Waals surface area (Å²) < 4.78 is 46.5. The Morgan fingerprint density at radius 3 is 0.430 bits per heavy atom. The van der Waals surface area contributed by atoms with Crippen LogP contribution >= 0.6 is 96.4 Å². The first kappa shape index (κ1) is 134. The maximum absolute atomic E-state index is 10.7. The third kappa shape index (κ3) is 175. The van der Waals surface area contributed by atoms with E-state index in [9.17, 15) is 46.8 Å². The van der Waals surface area contributed by atoms with Crippen molar-refractivity contribution in [2.75, 3.05) is 299 Å². The van der Waals surface area contributed by atoms with Crippen LogP contribution in [0.2, 0.25) is 0 Å². The fraction of sp³-hybridized carbons (Fsp3) is 0.783. The molecule has 0 heterocycles. The molecule has 0 rings (SSSR count). The fourth-order valence-electron chi connectivity index (χ4n) is 2.26. The van der Waals surface area contributed by atoms with E-state index in [2.05, 4.69) is 77.3 Å². The molecule has 0 aromatic carbocycles. The van der Waals surface area contributed by atoms with Gasteiger partial charge in [0, 0.05) is 224 Å². The lowest BCUT2D eigenvalue weighted by molar-refractivity contribution is -0.127. The Hall–Kier alpha value is -5.23. The van der Waals surface area contributed by atoms with E-state index >= 15 is 0 Å². The zero-order valence-electron chi connectivity index (χ0n) is 70.4. The molecule has 0 saturated heterocycles. The van der Waals surface area contributed by atoms with Crippen molar-refractivity contribution in [3.8, 4) is 0 Å². The molecule has 0 aromatic heterocycles. The third-order valence-corrected chi connectivity index (χ3v) is 11.4. The van der Waals surface area contributed by atoms with Crippen LogP contribution in [0.1, 0.15) is 27.7 Å². The average Bonchev–Trinajstić information content (AvgIpc) is 1.82. The van der Waals surface area contributed by atoms with Crippen molar-refractivity contribution in [2.24, 2.45) is 0 Å². The lowest BCUT2D eigenvalue weighted by atomic mass is 10.6. The van der Waals surface area contributed by atoms with E-state index < -0.39 is 9.84 Å². The van der Waals surface area contributed by atoms with Gasteiger partial charge in [0.1, 0.15) is 15.6 Å². The maximum atomic E-state index is 10.7. The van der Waals surface area contributed by atoms with Crippen LogP contribution in [0.5, 0.6) is 0 Å². The van der Waals surface area contributed by atoms with Gasteiger partial charge < -0.3 is 107 Å². The highest BCUT2D eigenvalue weighted by Gasteiger charge is 2.04. The standard InChI is InChI=1S/C5H12N2O.C5H12N2S.2C4H9NO2.6C4H9NOS.2C4H9NO.C3H9N.C3H6O.C2H6O2S.C2H6S/c2*1-6(2)5(8)7(3)4;4*1-5(2)4(6)7-3;4*1-5(2)4(7)6-3;2*1-4(6)5(2)3;1-4(2)3;1-3(2)4;1-5(2,3)4;1-3-2/h2*1-4H3;8*1-3H3;2*1-3H3;1-3H3;1-2H3;1-2H3;1-2H3. The Morgan fingerprint density at radius 1 is 0.290 bits per heavy atom. The molecule has 0 spiro atoms. The van der Waals surface area contributed by atoms with Crippen LogP contribution in [0.4, 0.5) is 24.0 Å². The zero-order valence-corrected chi connectivity index (χ0v) is 77.8. The summed E-state index contributed by atoms with van der Waals surface area (Å²) in [6.45, 7) is 6.11. The highest BCUT2D eigenvalue weighted by atomic mass is 32.2. The predicted molar refractivity (Wildman–Crippen MR) is 448 cm³/mol. The first-order valence-electron chi connectivity index (χ1n) is 28.5. The van der Waals surface area contributed by atoms with E-state index in [1.54, 1.807) is 195 Å². The van der Waals surface area contributed by atoms with Crippen molar-refractivity contribution in [3.05, 3.63) is 0 Å². The van der Waals surface area contributed by atoms with E-state index in [0.717, 1.165) is 17.6 Å². The molecular weight excluding hydrogens is 1480 g/mol. The van der Waals surface area contributed by atoms with Crippen molar-refractivity contribution >= 4 is 178 Å². The van der Waals surface area contributed by atoms with Gasteiger partial charge in [-0.05, 0) is 121 Å². The van der Waals surface area contributed by atoms with Crippen LogP contribution in [0, 0.1) is 0 Å². The fourth-order valence-corrected chi connectivity index (χ4v) is 2.99. The number of urea groups is 1. The second kappa shape index (κ2) is 91.8. The highest BCUT2D eigenvalue weighted by Crippen LogP contribution is 1.98. The Balaban J connectivity index is -0.0000000540. The van der Waals surface area contributed by atoms with Crippen molar-refractivity contribution in [2.45, 2.75) is 27.7 Å². The van der Waals surface area contributed by atoms with Crippen LogP contribution in [-0.4, -0.2) is 453 Å². The monoisotopic (exact) mass is 1620 g/mol. The highest BCUT2D eigenvalue weighted by molar-refractivity contribution is 8.13. The van der Waals surface area contributed by atoms with Crippen LogP contribution in [0.15, 0.2) is 0 Å². The number of sulfone groups is 1. The lowest BCUT2D eigenvalue weighted by Gasteiger charge is -2.20. The molecule has 0 aliphatic rings. The summed E-state index contributed by atoms with van der Waals surface area (Å²) in [5.41, 5.74) is 0. The molecule has 0 unspecified atom stereocenters. The minimum Gasteiger partial charge on any atom is -0.474 e. The Labute approximate surface area is 649 Å². The number of nitrogens with zero attached hydrogens (tertiary/aromatic N) is 15. The minimum absolute atomic E-state index is 0.0185. The number of carbonyl (C=O) groups excluding carboxylic acids is 8. The number of hydrogen-bond acceptors (Lipinski definition) is 25. The zero-order chi connectivity index (χ0) is 85.0. The number of ketones is 1. The van der Waals surface area contributed by atoms with Gasteiger partial charge in [-0.1, -0.05) is 23.5 Å². The molecule has 0 saturated carbocycles. The summed E-state index contributed by atoms with van der Waals surface area (Å²) >= 11 is 27.9. The van der Waals surface area contributed by atoms with Crippen LogP contribution in [-0.2, 0) is 52.6 Å². The Kier molecular flexibility index (Phi) is 123. The minimum atomic E-state index is -2.67. The third-order valence-electron chi connectivity index (χ3n) is 7.11. The molecule has 100 heavy (non-hydrogen) atoms. The number of hydrogen-bond donors (Lipinski definition) is 0. The normalized spacial score (nSPS) is 8.16. The van der Waals surface area contributed by atoms with Gasteiger partial charge in [-0.3, -0.25) is 19.2 Å². The molecule has 0 radical (unpaired) electrons. The molecule has 0 aliphatic heterocycles. The van der Waals surface area contributed by atoms with E-state index in [-0.39, 0.29) is 46.3 Å². The number of ether oxygens (including phenoxy) is 6. The van der Waals surface area contributed by atoms with Gasteiger partial charge in [0.15, 0.2) is 5.11 Å². The van der Waals surface area contributed by atoms with E-state index in [0.29, 0.717) is 20.7 Å². The number of amides is 8. The van der Waals surface area contributed by atoms with Crippen LogP contribution in [0.3, 0.4) is 0 Å². The van der Waals surface area contributed by atoms with Crippen LogP contribution < -0.4 is 0 Å². The number of carbonyl (C=O) groups is 8. The van der Waals surface area contributed by atoms with Crippen molar-refractivity contribution < 1.29 is 75.2 Å². The van der Waals surface area contributed by atoms with Crippen molar-refractivity contribution in [1.82, 2.24) is 73.5 Å². The second-order valence-electron chi connectivity index (χ2n) is 21.7. The van der Waals surface area contributed by atoms with Gasteiger partial charge in [-0.15, -0.1) is 0 Å². The molecule has 0 fully saturated rings. The topological polar surface area (TPSA) is 275 Å². The molecular formula is C60H141N15O16S9. The summed E-state index contributed by atoms with van der Waals surface area (Å²) in [5.74, 6) is 0.352. The molecule has 31 nitrogen and oxygen atoms in total. The summed E-state index contributed by atoms with van der Waals surface area (Å²) in [6, 6.07) is 0.0185. The first-order chi connectivity index (χ1) is 44.7. The quantitative estimate of drug-likeness (QED) is 0.225. The van der Waals surface area contributed by atoms with Gasteiger partial charge in [0.05, 0.1) is 42.7 Å². The van der Waals surface area contributed by atoms with E-state index in [1.165, 1.54) is 94.8 Å². The average molecular weight is 1620 g/mol. The van der Waals surface area contributed by atoms with Crippen molar-refractivity contribution in [1.29, 1.82) is 0 Å². The Bertz CT molecular complexity index is 1850. The van der Waals surface area contributed by atoms with Gasteiger partial charge >= 0.3 is 18.2 Å². The maximum Gasteiger partial charge on any atom is 0.408 e. The number of rotatable bonds is 0. The summed E-state index contributed by atoms with van der Waals surface area (Å²) in [6.07, 6.45) is 9.30. The number of Topliss-reactive ketones (excluding diaryl/α,β-unsaturated/α-hetero) is 1. The second-order valence-corrected chi connectivity index (χ2v) is 28.1. The number of methoxy groups -OCH3 is 6. The smallest absolute Gasteiger partial charge is 0.408 e. The van der Waals surface area contributed by atoms with Gasteiger partial charge in [-0.2, -0.15) is 11.8 Å². The molecule has 0 bridgehead atoms. The summed E-state index contributed by atoms with van der Waals surface area (Å²) in [4.78, 5) is 106. The van der Waals surface area contributed by atoms with Gasteiger partial charge in [-0.25, -0.2) is 22.8 Å². The molecule has 0 aliphatic carbocycles. The molecule has 8 amide bonds. The van der Waals surface area contributed by atoms with E-state index in [1.807, 2.05) is 133 Å².